The second kappa shape index (κ2) is 6.26. The monoisotopic (exact) mass is 264 g/mol. The van der Waals surface area contributed by atoms with E-state index in [0.717, 1.165) is 18.1 Å². The lowest BCUT2D eigenvalue weighted by molar-refractivity contribution is 0.535. The summed E-state index contributed by atoms with van der Waals surface area (Å²) in [6.45, 7) is 6.52. The number of fused-ring (bicyclic) bond motifs is 1. The largest absolute Gasteiger partial charge is 0.347 e. The third-order valence-electron chi connectivity index (χ3n) is 3.11. The number of aromatic nitrogens is 1. The van der Waals surface area contributed by atoms with Crippen molar-refractivity contribution in [2.24, 2.45) is 0 Å². The van der Waals surface area contributed by atoms with Crippen LogP contribution in [0.25, 0.3) is 10.9 Å². The fourth-order valence-electron chi connectivity index (χ4n) is 2.15. The van der Waals surface area contributed by atoms with Crippen molar-refractivity contribution in [1.82, 2.24) is 9.88 Å². The molecular formula is C15H21ClN2. The molecule has 0 aliphatic heterocycles. The highest BCUT2D eigenvalue weighted by atomic mass is 35.5. The molecule has 0 spiro atoms. The molecule has 0 aliphatic rings. The lowest BCUT2D eigenvalue weighted by Crippen LogP contribution is -2.23. The summed E-state index contributed by atoms with van der Waals surface area (Å²) in [5.74, 6) is 0. The van der Waals surface area contributed by atoms with E-state index in [9.17, 15) is 0 Å². The van der Waals surface area contributed by atoms with Gasteiger partial charge in [-0.2, -0.15) is 0 Å². The predicted octanol–water partition coefficient (Wildman–Crippen LogP) is 4.07. The van der Waals surface area contributed by atoms with Gasteiger partial charge in [-0.3, -0.25) is 0 Å². The minimum Gasteiger partial charge on any atom is -0.347 e. The summed E-state index contributed by atoms with van der Waals surface area (Å²) in [6, 6.07) is 8.80. The van der Waals surface area contributed by atoms with E-state index in [0.29, 0.717) is 6.04 Å². The standard InChI is InChI=1S/C15H21ClN2/c1-12(2)17-8-3-4-9-18-10-7-13-5-6-14(16)11-15(13)18/h5-7,10-12,17H,3-4,8-9H2,1-2H3. The molecule has 0 unspecified atom stereocenters. The van der Waals surface area contributed by atoms with Crippen molar-refractivity contribution in [3.05, 3.63) is 35.5 Å². The van der Waals surface area contributed by atoms with Crippen LogP contribution in [-0.4, -0.2) is 17.2 Å². The van der Waals surface area contributed by atoms with Gasteiger partial charge in [0.25, 0.3) is 0 Å². The van der Waals surface area contributed by atoms with Crippen LogP contribution in [-0.2, 0) is 6.54 Å². The zero-order chi connectivity index (χ0) is 13.0. The van der Waals surface area contributed by atoms with Crippen LogP contribution in [0, 0.1) is 0 Å². The fourth-order valence-corrected chi connectivity index (χ4v) is 2.32. The van der Waals surface area contributed by atoms with Gasteiger partial charge in [0.2, 0.25) is 0 Å². The topological polar surface area (TPSA) is 17.0 Å². The highest BCUT2D eigenvalue weighted by Crippen LogP contribution is 2.20. The first-order valence-electron chi connectivity index (χ1n) is 6.64. The van der Waals surface area contributed by atoms with Gasteiger partial charge in [-0.05, 0) is 43.0 Å². The molecule has 1 aromatic heterocycles. The van der Waals surface area contributed by atoms with E-state index in [-0.39, 0.29) is 0 Å². The molecule has 0 atom stereocenters. The van der Waals surface area contributed by atoms with Gasteiger partial charge in [-0.1, -0.05) is 31.5 Å². The minimum atomic E-state index is 0.580. The van der Waals surface area contributed by atoms with Crippen LogP contribution in [0.2, 0.25) is 5.02 Å². The first-order valence-corrected chi connectivity index (χ1v) is 7.02. The molecule has 2 aromatic rings. The fraction of sp³-hybridized carbons (Fsp3) is 0.467. The van der Waals surface area contributed by atoms with Crippen LogP contribution in [0.1, 0.15) is 26.7 Å². The Bertz CT molecular complexity index is 502. The van der Waals surface area contributed by atoms with Gasteiger partial charge in [0.1, 0.15) is 0 Å². The van der Waals surface area contributed by atoms with Crippen molar-refractivity contribution >= 4 is 22.5 Å². The highest BCUT2D eigenvalue weighted by Gasteiger charge is 2.01. The maximum atomic E-state index is 6.04. The summed E-state index contributed by atoms with van der Waals surface area (Å²) in [4.78, 5) is 0. The Balaban J connectivity index is 1.89. The number of nitrogens with one attached hydrogen (secondary N) is 1. The smallest absolute Gasteiger partial charge is 0.0495 e. The molecule has 0 fully saturated rings. The Morgan fingerprint density at radius 2 is 2.06 bits per heavy atom. The lowest BCUT2D eigenvalue weighted by atomic mass is 10.2. The lowest BCUT2D eigenvalue weighted by Gasteiger charge is -2.09. The van der Waals surface area contributed by atoms with E-state index in [1.807, 2.05) is 12.1 Å². The van der Waals surface area contributed by atoms with E-state index in [1.54, 1.807) is 0 Å². The number of benzene rings is 1. The molecule has 0 bridgehead atoms. The molecule has 0 radical (unpaired) electrons. The van der Waals surface area contributed by atoms with Crippen LogP contribution in [0.15, 0.2) is 30.5 Å². The zero-order valence-electron chi connectivity index (χ0n) is 11.1. The quantitative estimate of drug-likeness (QED) is 0.778. The normalized spacial score (nSPS) is 11.6. The Kier molecular flexibility index (Phi) is 4.67. The van der Waals surface area contributed by atoms with Crippen molar-refractivity contribution in [3.63, 3.8) is 0 Å². The number of halogens is 1. The molecule has 2 rings (SSSR count). The molecule has 1 heterocycles. The van der Waals surface area contributed by atoms with Crippen molar-refractivity contribution < 1.29 is 0 Å². The molecule has 1 aromatic carbocycles. The van der Waals surface area contributed by atoms with Gasteiger partial charge >= 0.3 is 0 Å². The van der Waals surface area contributed by atoms with Crippen LogP contribution in [0.4, 0.5) is 0 Å². The van der Waals surface area contributed by atoms with E-state index >= 15 is 0 Å². The molecule has 0 amide bonds. The van der Waals surface area contributed by atoms with Gasteiger partial charge in [0.05, 0.1) is 0 Å². The first kappa shape index (κ1) is 13.4. The van der Waals surface area contributed by atoms with Crippen LogP contribution < -0.4 is 5.32 Å². The first-order chi connectivity index (χ1) is 8.66. The SMILES string of the molecule is CC(C)NCCCCn1ccc2ccc(Cl)cc21. The molecular weight excluding hydrogens is 244 g/mol. The number of nitrogens with zero attached hydrogens (tertiary/aromatic N) is 1. The Morgan fingerprint density at radius 3 is 2.83 bits per heavy atom. The summed E-state index contributed by atoms with van der Waals surface area (Å²) in [5.41, 5.74) is 1.24. The van der Waals surface area contributed by atoms with Gasteiger partial charge in [0.15, 0.2) is 0 Å². The van der Waals surface area contributed by atoms with E-state index in [1.165, 1.54) is 23.7 Å². The van der Waals surface area contributed by atoms with E-state index in [2.05, 4.69) is 42.1 Å². The number of rotatable bonds is 6. The molecule has 1 N–H and O–H groups in total. The number of unbranched alkanes of at least 4 members (excludes halogenated alkanes) is 1. The Hall–Kier alpha value is -0.990. The van der Waals surface area contributed by atoms with Gasteiger partial charge < -0.3 is 9.88 Å². The highest BCUT2D eigenvalue weighted by molar-refractivity contribution is 6.31. The molecule has 2 nitrogen and oxygen atoms in total. The summed E-state index contributed by atoms with van der Waals surface area (Å²) in [6.07, 6.45) is 4.55. The van der Waals surface area contributed by atoms with Gasteiger partial charge in [0, 0.05) is 29.3 Å². The average molecular weight is 265 g/mol. The number of aryl methyl sites for hydroxylation is 1. The number of hydrogen-bond acceptors (Lipinski definition) is 1. The Labute approximate surface area is 114 Å². The maximum Gasteiger partial charge on any atom is 0.0495 e. The molecule has 0 saturated carbocycles. The average Bonchev–Trinajstić information content (AvgIpc) is 2.71. The second-order valence-corrected chi connectivity index (χ2v) is 5.46. The van der Waals surface area contributed by atoms with Gasteiger partial charge in [-0.25, -0.2) is 0 Å². The molecule has 3 heteroatoms. The van der Waals surface area contributed by atoms with Crippen molar-refractivity contribution in [2.45, 2.75) is 39.3 Å². The third-order valence-corrected chi connectivity index (χ3v) is 3.35. The zero-order valence-corrected chi connectivity index (χ0v) is 11.9. The Morgan fingerprint density at radius 1 is 1.22 bits per heavy atom. The van der Waals surface area contributed by atoms with Gasteiger partial charge in [-0.15, -0.1) is 0 Å². The van der Waals surface area contributed by atoms with E-state index < -0.39 is 0 Å². The molecule has 18 heavy (non-hydrogen) atoms. The second-order valence-electron chi connectivity index (χ2n) is 5.03. The van der Waals surface area contributed by atoms with Crippen LogP contribution in [0.5, 0.6) is 0 Å². The molecule has 0 saturated heterocycles. The summed E-state index contributed by atoms with van der Waals surface area (Å²) in [7, 11) is 0. The van der Waals surface area contributed by atoms with Crippen molar-refractivity contribution in [2.75, 3.05) is 6.54 Å². The maximum absolute atomic E-state index is 6.04. The third kappa shape index (κ3) is 3.50. The summed E-state index contributed by atoms with van der Waals surface area (Å²) >= 11 is 6.04. The van der Waals surface area contributed by atoms with E-state index in [4.69, 9.17) is 11.6 Å². The van der Waals surface area contributed by atoms with Crippen molar-refractivity contribution in [1.29, 1.82) is 0 Å². The minimum absolute atomic E-state index is 0.580. The predicted molar refractivity (Wildman–Crippen MR) is 79.3 cm³/mol. The summed E-state index contributed by atoms with van der Waals surface area (Å²) in [5, 5.41) is 5.51. The molecule has 98 valence electrons. The van der Waals surface area contributed by atoms with Crippen LogP contribution >= 0.6 is 11.6 Å². The molecule has 0 aliphatic carbocycles. The number of hydrogen-bond donors (Lipinski definition) is 1. The van der Waals surface area contributed by atoms with Crippen LogP contribution in [0.3, 0.4) is 0 Å². The van der Waals surface area contributed by atoms with Crippen molar-refractivity contribution in [3.8, 4) is 0 Å². The summed E-state index contributed by atoms with van der Waals surface area (Å²) < 4.78 is 2.29.